The van der Waals surface area contributed by atoms with Crippen molar-refractivity contribution in [3.63, 3.8) is 0 Å². The Balaban J connectivity index is 0.00000117. The van der Waals surface area contributed by atoms with Crippen molar-refractivity contribution >= 4 is 16.9 Å². The highest BCUT2D eigenvalue weighted by Gasteiger charge is 2.37. The molecule has 1 unspecified atom stereocenters. The highest BCUT2D eigenvalue weighted by molar-refractivity contribution is 5.93. The van der Waals surface area contributed by atoms with Crippen LogP contribution in [0.4, 0.5) is 4.39 Å². The van der Waals surface area contributed by atoms with Crippen LogP contribution in [0.5, 0.6) is 0 Å². The molecule has 3 aliphatic rings. The highest BCUT2D eigenvalue weighted by atomic mass is 19.1. The molecule has 3 aromatic rings. The van der Waals surface area contributed by atoms with Crippen molar-refractivity contribution in [2.45, 2.75) is 65.2 Å². The summed E-state index contributed by atoms with van der Waals surface area (Å²) in [6.45, 7) is 5.94. The minimum Gasteiger partial charge on any atom is -0.458 e. The number of halogens is 1. The van der Waals surface area contributed by atoms with Crippen LogP contribution in [-0.2, 0) is 29.1 Å². The molecule has 4 heterocycles. The van der Waals surface area contributed by atoms with Crippen molar-refractivity contribution in [1.82, 2.24) is 9.55 Å². The summed E-state index contributed by atoms with van der Waals surface area (Å²) >= 11 is 0. The summed E-state index contributed by atoms with van der Waals surface area (Å²) in [7, 11) is 0. The number of aryl methyl sites for hydroxylation is 1. The molecular formula is C26H27FN2O5. The molecule has 2 aromatic heterocycles. The maximum absolute atomic E-state index is 14.7. The first-order chi connectivity index (χ1) is 16.4. The van der Waals surface area contributed by atoms with Gasteiger partial charge in [-0.25, -0.2) is 14.2 Å². The predicted octanol–water partition coefficient (Wildman–Crippen LogP) is 3.40. The van der Waals surface area contributed by atoms with E-state index in [1.54, 1.807) is 17.6 Å². The van der Waals surface area contributed by atoms with Crippen molar-refractivity contribution in [2.75, 3.05) is 6.61 Å². The smallest absolute Gasteiger partial charge is 0.340 e. The monoisotopic (exact) mass is 466 g/mol. The van der Waals surface area contributed by atoms with Crippen LogP contribution in [0.25, 0.3) is 22.3 Å². The summed E-state index contributed by atoms with van der Waals surface area (Å²) in [5.74, 6) is -1.02. The van der Waals surface area contributed by atoms with Gasteiger partial charge in [0.25, 0.3) is 5.56 Å². The Kier molecular flexibility index (Phi) is 5.53. The number of aliphatic hydroxyl groups is 2. The number of carbonyl (C=O) groups is 1. The second-order valence-electron chi connectivity index (χ2n) is 8.82. The number of aromatic nitrogens is 2. The normalized spacial score (nSPS) is 19.6. The zero-order chi connectivity index (χ0) is 24.3. The van der Waals surface area contributed by atoms with Crippen LogP contribution in [0.15, 0.2) is 16.9 Å². The van der Waals surface area contributed by atoms with Gasteiger partial charge < -0.3 is 19.5 Å². The Hall–Kier alpha value is -3.10. The highest BCUT2D eigenvalue weighted by Crippen LogP contribution is 2.46. The molecule has 0 saturated carbocycles. The zero-order valence-corrected chi connectivity index (χ0v) is 19.4. The third-order valence-corrected chi connectivity index (χ3v) is 7.24. The number of cyclic esters (lactones) is 1. The summed E-state index contributed by atoms with van der Waals surface area (Å²) in [5, 5.41) is 20.9. The number of benzene rings is 1. The average molecular weight is 467 g/mol. The first-order valence-electron chi connectivity index (χ1n) is 11.8. The van der Waals surface area contributed by atoms with E-state index in [4.69, 9.17) is 9.72 Å². The zero-order valence-electron chi connectivity index (χ0n) is 19.4. The molecule has 0 amide bonds. The van der Waals surface area contributed by atoms with E-state index < -0.39 is 12.1 Å². The number of nitrogens with zero attached hydrogens (tertiary/aromatic N) is 2. The molecular weight excluding hydrogens is 439 g/mol. The number of esters is 1. The van der Waals surface area contributed by atoms with E-state index in [1.807, 2.05) is 13.8 Å². The Morgan fingerprint density at radius 3 is 2.71 bits per heavy atom. The van der Waals surface area contributed by atoms with E-state index in [-0.39, 0.29) is 41.6 Å². The number of hydrogen-bond acceptors (Lipinski definition) is 6. The number of pyridine rings is 2. The van der Waals surface area contributed by atoms with E-state index in [2.05, 4.69) is 0 Å². The van der Waals surface area contributed by atoms with Crippen molar-refractivity contribution in [2.24, 2.45) is 0 Å². The molecule has 2 N–H and O–H groups in total. The summed E-state index contributed by atoms with van der Waals surface area (Å²) < 4.78 is 21.3. The van der Waals surface area contributed by atoms with Gasteiger partial charge in [-0.3, -0.25) is 4.79 Å². The van der Waals surface area contributed by atoms with Gasteiger partial charge in [-0.15, -0.1) is 0 Å². The molecule has 1 aromatic carbocycles. The fourth-order valence-corrected chi connectivity index (χ4v) is 5.64. The Morgan fingerprint density at radius 1 is 1.21 bits per heavy atom. The molecule has 0 radical (unpaired) electrons. The first kappa shape index (κ1) is 22.7. The second-order valence-corrected chi connectivity index (χ2v) is 8.82. The van der Waals surface area contributed by atoms with Crippen molar-refractivity contribution in [3.05, 3.63) is 61.7 Å². The van der Waals surface area contributed by atoms with Crippen LogP contribution < -0.4 is 5.56 Å². The number of hydrogen-bond donors (Lipinski definition) is 2. The van der Waals surface area contributed by atoms with Crippen LogP contribution in [0.1, 0.15) is 72.1 Å². The van der Waals surface area contributed by atoms with Gasteiger partial charge >= 0.3 is 5.97 Å². The van der Waals surface area contributed by atoms with Gasteiger partial charge in [0, 0.05) is 29.2 Å². The minimum atomic E-state index is -1.52. The quantitative estimate of drug-likeness (QED) is 0.439. The lowest BCUT2D eigenvalue weighted by Gasteiger charge is -2.28. The number of ether oxygens (including phenoxy) is 1. The summed E-state index contributed by atoms with van der Waals surface area (Å²) in [6, 6.07) is 3.07. The first-order valence-corrected chi connectivity index (χ1v) is 11.8. The molecule has 2 atom stereocenters. The minimum absolute atomic E-state index is 0.0333. The van der Waals surface area contributed by atoms with E-state index in [9.17, 15) is 24.2 Å². The van der Waals surface area contributed by atoms with Crippen molar-refractivity contribution in [1.29, 1.82) is 0 Å². The summed E-state index contributed by atoms with van der Waals surface area (Å²) in [5.41, 5.74) is 5.25. The number of fused-ring (bicyclic) bond motifs is 5. The lowest BCUT2D eigenvalue weighted by Crippen LogP contribution is -2.32. The lowest BCUT2D eigenvalue weighted by atomic mass is 9.77. The van der Waals surface area contributed by atoms with Gasteiger partial charge in [-0.05, 0) is 54.9 Å². The molecule has 7 nitrogen and oxygen atoms in total. The van der Waals surface area contributed by atoms with E-state index in [1.165, 1.54) is 6.07 Å². The molecule has 0 fully saturated rings. The lowest BCUT2D eigenvalue weighted by molar-refractivity contribution is -0.157. The van der Waals surface area contributed by atoms with E-state index >= 15 is 0 Å². The molecule has 2 aliphatic heterocycles. The third-order valence-electron chi connectivity index (χ3n) is 7.24. The van der Waals surface area contributed by atoms with Gasteiger partial charge in [0.15, 0.2) is 6.10 Å². The summed E-state index contributed by atoms with van der Waals surface area (Å²) in [6.07, 6.45) is 0.552. The van der Waals surface area contributed by atoms with Crippen LogP contribution in [-0.4, -0.2) is 32.3 Å². The SMILES string of the molecule is CC.Cc1c(F)cc2nc3c(c4c2c1CC[C@H]4CCO)Cn1c-3cc2c(c1=O)COC(=O)C2O. The Labute approximate surface area is 195 Å². The van der Waals surface area contributed by atoms with Crippen LogP contribution in [0, 0.1) is 12.7 Å². The fraction of sp³-hybridized carbons (Fsp3) is 0.423. The topological polar surface area (TPSA) is 102 Å². The Bertz CT molecular complexity index is 1410. The molecule has 0 bridgehead atoms. The molecule has 8 heteroatoms. The maximum Gasteiger partial charge on any atom is 0.340 e. The molecule has 1 aliphatic carbocycles. The largest absolute Gasteiger partial charge is 0.458 e. The van der Waals surface area contributed by atoms with Gasteiger partial charge in [-0.1, -0.05) is 13.8 Å². The maximum atomic E-state index is 14.7. The van der Waals surface area contributed by atoms with Crippen LogP contribution >= 0.6 is 0 Å². The number of aliphatic hydroxyl groups excluding tert-OH is 2. The van der Waals surface area contributed by atoms with Crippen LogP contribution in [0.2, 0.25) is 0 Å². The summed E-state index contributed by atoms with van der Waals surface area (Å²) in [4.78, 5) is 29.9. The molecule has 0 saturated heterocycles. The van der Waals surface area contributed by atoms with Crippen molar-refractivity contribution in [3.8, 4) is 11.4 Å². The van der Waals surface area contributed by atoms with Gasteiger partial charge in [0.2, 0.25) is 0 Å². The van der Waals surface area contributed by atoms with Crippen LogP contribution in [0.3, 0.4) is 0 Å². The van der Waals surface area contributed by atoms with Gasteiger partial charge in [0.1, 0.15) is 12.4 Å². The van der Waals surface area contributed by atoms with E-state index in [0.717, 1.165) is 28.5 Å². The third kappa shape index (κ3) is 3.05. The molecule has 6 rings (SSSR count). The van der Waals surface area contributed by atoms with E-state index in [0.29, 0.717) is 41.9 Å². The number of carbonyl (C=O) groups excluding carboxylic acids is 1. The Morgan fingerprint density at radius 2 is 1.97 bits per heavy atom. The predicted molar refractivity (Wildman–Crippen MR) is 124 cm³/mol. The number of rotatable bonds is 2. The molecule has 34 heavy (non-hydrogen) atoms. The standard InChI is InChI=1S/C24H21FN2O5.C2H6/c1-10-12-3-2-11(4-5-28)19-14-8-27-18(21(14)26-17(20(12)19)7-16(10)25)6-13-15(23(27)30)9-32-24(31)22(13)29;1-2/h6-7,11,22,28-29H,2-5,8-9H2,1H3;1-2H3/t11-,22?;/m0./s1. The van der Waals surface area contributed by atoms with Gasteiger partial charge in [-0.2, -0.15) is 0 Å². The average Bonchev–Trinajstić information content (AvgIpc) is 3.21. The van der Waals surface area contributed by atoms with Gasteiger partial charge in [0.05, 0.1) is 29.0 Å². The van der Waals surface area contributed by atoms with Crippen molar-refractivity contribution < 1.29 is 24.1 Å². The fourth-order valence-electron chi connectivity index (χ4n) is 5.64. The molecule has 178 valence electrons. The molecule has 0 spiro atoms. The second kappa shape index (κ2) is 8.29.